The van der Waals surface area contributed by atoms with Gasteiger partial charge in [0.15, 0.2) is 0 Å². The molecule has 2 aliphatic rings. The number of carbonyl (C=O) groups is 1. The maximum atomic E-state index is 13.6. The molecule has 2 aliphatic heterocycles. The predicted octanol–water partition coefficient (Wildman–Crippen LogP) is 4.33. The van der Waals surface area contributed by atoms with Gasteiger partial charge in [0.1, 0.15) is 11.6 Å². The topological polar surface area (TPSA) is 44.8 Å². The van der Waals surface area contributed by atoms with Gasteiger partial charge in [-0.05, 0) is 54.8 Å². The van der Waals surface area contributed by atoms with Crippen LogP contribution in [0.25, 0.3) is 0 Å². The average molecular weight is 460 g/mol. The van der Waals surface area contributed by atoms with Crippen molar-refractivity contribution in [1.82, 2.24) is 5.32 Å². The number of hydrogen-bond acceptors (Lipinski definition) is 4. The number of halogens is 1. The summed E-state index contributed by atoms with van der Waals surface area (Å²) in [6.45, 7) is 4.88. The monoisotopic (exact) mass is 459 g/mol. The van der Waals surface area contributed by atoms with Crippen LogP contribution >= 0.6 is 0 Å². The maximum absolute atomic E-state index is 13.6. The number of anilines is 2. The molecule has 0 aliphatic carbocycles. The van der Waals surface area contributed by atoms with Crippen LogP contribution < -0.4 is 19.9 Å². The van der Waals surface area contributed by atoms with Gasteiger partial charge in [-0.25, -0.2) is 4.39 Å². The SMILES string of the molecule is COc1ccc2c(c1)N1CCN(c3ccc(C)cc3)C[C@@H]1[C@@H](C(=O)NCc1cccc(F)c1)C2. The van der Waals surface area contributed by atoms with Crippen molar-refractivity contribution >= 4 is 17.3 Å². The van der Waals surface area contributed by atoms with E-state index < -0.39 is 0 Å². The van der Waals surface area contributed by atoms with Gasteiger partial charge in [0.05, 0.1) is 19.1 Å². The second kappa shape index (κ2) is 9.37. The Morgan fingerprint density at radius 2 is 1.91 bits per heavy atom. The molecule has 5 rings (SSSR count). The van der Waals surface area contributed by atoms with Crippen LogP contribution in [0.5, 0.6) is 5.75 Å². The molecule has 0 bridgehead atoms. The Labute approximate surface area is 200 Å². The molecule has 0 saturated carbocycles. The second-order valence-electron chi connectivity index (χ2n) is 9.20. The normalized spacial score (nSPS) is 19.3. The second-order valence-corrected chi connectivity index (χ2v) is 9.20. The summed E-state index contributed by atoms with van der Waals surface area (Å²) in [6, 6.07) is 21.1. The zero-order valence-electron chi connectivity index (χ0n) is 19.6. The molecule has 0 aromatic heterocycles. The minimum Gasteiger partial charge on any atom is -0.497 e. The molecule has 1 fully saturated rings. The lowest BCUT2D eigenvalue weighted by atomic mass is 9.83. The fourth-order valence-corrected chi connectivity index (χ4v) is 5.16. The first-order valence-corrected chi connectivity index (χ1v) is 11.8. The lowest BCUT2D eigenvalue weighted by molar-refractivity contribution is -0.126. The smallest absolute Gasteiger partial charge is 0.225 e. The molecule has 34 heavy (non-hydrogen) atoms. The molecule has 1 saturated heterocycles. The van der Waals surface area contributed by atoms with E-state index in [4.69, 9.17) is 4.74 Å². The van der Waals surface area contributed by atoms with Gasteiger partial charge in [-0.1, -0.05) is 35.9 Å². The van der Waals surface area contributed by atoms with Gasteiger partial charge in [0.25, 0.3) is 0 Å². The number of benzene rings is 3. The Morgan fingerprint density at radius 1 is 1.09 bits per heavy atom. The van der Waals surface area contributed by atoms with Crippen LogP contribution in [-0.4, -0.2) is 38.7 Å². The van der Waals surface area contributed by atoms with Crippen LogP contribution in [0.2, 0.25) is 0 Å². The Hall–Kier alpha value is -3.54. The Bertz CT molecular complexity index is 1180. The van der Waals surface area contributed by atoms with Gasteiger partial charge >= 0.3 is 0 Å². The zero-order valence-corrected chi connectivity index (χ0v) is 19.6. The predicted molar refractivity (Wildman–Crippen MR) is 133 cm³/mol. The molecule has 176 valence electrons. The first kappa shape index (κ1) is 22.3. The van der Waals surface area contributed by atoms with Gasteiger partial charge in [0, 0.05) is 43.6 Å². The van der Waals surface area contributed by atoms with E-state index in [2.05, 4.69) is 58.4 Å². The van der Waals surface area contributed by atoms with E-state index in [0.717, 1.165) is 42.2 Å². The minimum atomic E-state index is -0.292. The number of rotatable bonds is 5. The lowest BCUT2D eigenvalue weighted by Gasteiger charge is -2.49. The molecule has 3 aromatic rings. The van der Waals surface area contributed by atoms with E-state index in [1.165, 1.54) is 23.4 Å². The van der Waals surface area contributed by atoms with E-state index >= 15 is 0 Å². The summed E-state index contributed by atoms with van der Waals surface area (Å²) < 4.78 is 19.1. The van der Waals surface area contributed by atoms with Crippen molar-refractivity contribution in [3.8, 4) is 5.75 Å². The third-order valence-corrected chi connectivity index (χ3v) is 7.02. The molecule has 0 radical (unpaired) electrons. The summed E-state index contributed by atoms with van der Waals surface area (Å²) in [4.78, 5) is 18.2. The third-order valence-electron chi connectivity index (χ3n) is 7.02. The van der Waals surface area contributed by atoms with Crippen molar-refractivity contribution in [2.24, 2.45) is 5.92 Å². The molecule has 0 spiro atoms. The summed E-state index contributed by atoms with van der Waals surface area (Å²) in [5.41, 5.74) is 5.49. The first-order valence-electron chi connectivity index (χ1n) is 11.8. The number of carbonyl (C=O) groups excluding carboxylic acids is 1. The van der Waals surface area contributed by atoms with Gasteiger partial charge in [0.2, 0.25) is 5.91 Å². The standard InChI is InChI=1S/C28H30FN3O2/c1-19-6-9-23(10-7-19)31-12-13-32-26-16-24(34-2)11-8-21(26)15-25(27(32)18-31)28(33)30-17-20-4-3-5-22(29)14-20/h3-11,14,16,25,27H,12-13,15,17-18H2,1-2H3,(H,30,33)/t25-,27+/m0/s1. The molecule has 0 unspecified atom stereocenters. The van der Waals surface area contributed by atoms with E-state index in [-0.39, 0.29) is 23.7 Å². The van der Waals surface area contributed by atoms with Crippen molar-refractivity contribution in [1.29, 1.82) is 0 Å². The highest BCUT2D eigenvalue weighted by atomic mass is 19.1. The van der Waals surface area contributed by atoms with Crippen LogP contribution in [0.3, 0.4) is 0 Å². The van der Waals surface area contributed by atoms with Crippen LogP contribution in [0, 0.1) is 18.7 Å². The summed E-state index contributed by atoms with van der Waals surface area (Å²) >= 11 is 0. The van der Waals surface area contributed by atoms with Crippen molar-refractivity contribution in [2.45, 2.75) is 25.9 Å². The molecule has 1 N–H and O–H groups in total. The quantitative estimate of drug-likeness (QED) is 0.617. The third kappa shape index (κ3) is 4.45. The minimum absolute atomic E-state index is 0.00601. The fourth-order valence-electron chi connectivity index (χ4n) is 5.16. The molecular weight excluding hydrogens is 429 g/mol. The van der Waals surface area contributed by atoms with E-state index in [0.29, 0.717) is 13.0 Å². The molecule has 2 heterocycles. The van der Waals surface area contributed by atoms with Crippen molar-refractivity contribution in [3.05, 3.63) is 89.2 Å². The zero-order chi connectivity index (χ0) is 23.7. The van der Waals surface area contributed by atoms with Crippen LogP contribution in [0.4, 0.5) is 15.8 Å². The highest BCUT2D eigenvalue weighted by molar-refractivity contribution is 5.82. The number of methoxy groups -OCH3 is 1. The number of aryl methyl sites for hydroxylation is 1. The molecule has 6 heteroatoms. The first-order chi connectivity index (χ1) is 16.5. The molecule has 1 amide bonds. The number of amides is 1. The van der Waals surface area contributed by atoms with Crippen molar-refractivity contribution < 1.29 is 13.9 Å². The number of fused-ring (bicyclic) bond motifs is 3. The van der Waals surface area contributed by atoms with E-state index in [1.54, 1.807) is 13.2 Å². The number of piperazine rings is 1. The Kier molecular flexibility index (Phi) is 6.14. The number of ether oxygens (including phenoxy) is 1. The fraction of sp³-hybridized carbons (Fsp3) is 0.321. The lowest BCUT2D eigenvalue weighted by Crippen LogP contribution is -2.61. The number of nitrogens with one attached hydrogen (secondary N) is 1. The Morgan fingerprint density at radius 3 is 2.68 bits per heavy atom. The highest BCUT2D eigenvalue weighted by Gasteiger charge is 2.41. The summed E-state index contributed by atoms with van der Waals surface area (Å²) in [5.74, 6) is 0.334. The van der Waals surface area contributed by atoms with Gasteiger partial charge < -0.3 is 19.9 Å². The highest BCUT2D eigenvalue weighted by Crippen LogP contribution is 2.39. The summed E-state index contributed by atoms with van der Waals surface area (Å²) in [7, 11) is 1.68. The molecule has 2 atom stereocenters. The van der Waals surface area contributed by atoms with Gasteiger partial charge in [-0.2, -0.15) is 0 Å². The Balaban J connectivity index is 1.41. The van der Waals surface area contributed by atoms with Gasteiger partial charge in [-0.15, -0.1) is 0 Å². The van der Waals surface area contributed by atoms with Crippen molar-refractivity contribution in [3.63, 3.8) is 0 Å². The molecule has 3 aromatic carbocycles. The summed E-state index contributed by atoms with van der Waals surface area (Å²) in [6.07, 6.45) is 0.664. The van der Waals surface area contributed by atoms with Crippen molar-refractivity contribution in [2.75, 3.05) is 36.5 Å². The van der Waals surface area contributed by atoms with E-state index in [9.17, 15) is 9.18 Å². The van der Waals surface area contributed by atoms with E-state index in [1.807, 2.05) is 12.1 Å². The van der Waals surface area contributed by atoms with Crippen LogP contribution in [-0.2, 0) is 17.8 Å². The summed E-state index contributed by atoms with van der Waals surface area (Å²) in [5, 5.41) is 3.07. The molecular formula is C28H30FN3O2. The maximum Gasteiger partial charge on any atom is 0.225 e. The average Bonchev–Trinajstić information content (AvgIpc) is 2.86. The molecule has 5 nitrogen and oxygen atoms in total. The van der Waals surface area contributed by atoms with Crippen LogP contribution in [0.15, 0.2) is 66.7 Å². The van der Waals surface area contributed by atoms with Crippen LogP contribution in [0.1, 0.15) is 16.7 Å². The number of nitrogens with zero attached hydrogens (tertiary/aromatic N) is 2. The largest absolute Gasteiger partial charge is 0.497 e. The number of hydrogen-bond donors (Lipinski definition) is 1. The van der Waals surface area contributed by atoms with Gasteiger partial charge in [-0.3, -0.25) is 4.79 Å².